The van der Waals surface area contributed by atoms with Gasteiger partial charge in [-0.2, -0.15) is 18.3 Å². The molecule has 0 aliphatic heterocycles. The summed E-state index contributed by atoms with van der Waals surface area (Å²) in [5.41, 5.74) is 2.43. The van der Waals surface area contributed by atoms with Crippen molar-refractivity contribution in [1.29, 1.82) is 0 Å². The number of hydrogen-bond acceptors (Lipinski definition) is 4. The van der Waals surface area contributed by atoms with Crippen molar-refractivity contribution in [3.63, 3.8) is 0 Å². The number of hydrogen-bond donors (Lipinski definition) is 2. The molecule has 18 heavy (non-hydrogen) atoms. The Morgan fingerprint density at radius 3 is 2.67 bits per heavy atom. The van der Waals surface area contributed by atoms with Gasteiger partial charge in [-0.15, -0.1) is 0 Å². The molecule has 2 N–H and O–H groups in total. The summed E-state index contributed by atoms with van der Waals surface area (Å²) >= 11 is 7.44. The van der Waals surface area contributed by atoms with Crippen molar-refractivity contribution in [3.8, 4) is 5.75 Å². The fraction of sp³-hybridized carbons (Fsp3) is 0.111. The van der Waals surface area contributed by atoms with Gasteiger partial charge in [0.1, 0.15) is 5.75 Å². The molecule has 4 nitrogen and oxygen atoms in total. The molecule has 0 amide bonds. The minimum Gasteiger partial charge on any atom is -0.506 e. The van der Waals surface area contributed by atoms with Crippen molar-refractivity contribution < 1.29 is 23.1 Å². The number of halogens is 5. The Bertz CT molecular complexity index is 505. The lowest BCUT2D eigenvalue weighted by Gasteiger charge is -2.05. The molecule has 1 aromatic carbocycles. The molecule has 1 rings (SSSR count). The lowest BCUT2D eigenvalue weighted by Crippen LogP contribution is -2.23. The van der Waals surface area contributed by atoms with E-state index in [1.807, 2.05) is 22.6 Å². The van der Waals surface area contributed by atoms with Gasteiger partial charge in [-0.25, -0.2) is 0 Å². The number of alkyl halides is 3. The van der Waals surface area contributed by atoms with Gasteiger partial charge >= 0.3 is 6.18 Å². The minimum absolute atomic E-state index is 0.0975. The minimum atomic E-state index is -4.96. The molecule has 98 valence electrons. The number of aromatic hydroxyl groups is 1. The number of nitrogens with zero attached hydrogens (tertiary/aromatic N) is 1. The molecular formula is C9H5ClF3IN2O2. The van der Waals surface area contributed by atoms with E-state index in [4.69, 9.17) is 11.6 Å². The Labute approximate surface area is 118 Å². The Morgan fingerprint density at radius 2 is 2.11 bits per heavy atom. The first-order valence-electron chi connectivity index (χ1n) is 4.30. The average molecular weight is 393 g/mol. The average Bonchev–Trinajstić information content (AvgIpc) is 2.23. The zero-order valence-corrected chi connectivity index (χ0v) is 11.3. The van der Waals surface area contributed by atoms with Gasteiger partial charge < -0.3 is 5.11 Å². The lowest BCUT2D eigenvalue weighted by molar-refractivity contribution is -0.162. The number of phenolic OH excluding ortho intramolecular Hbond substituents is 1. The molecule has 1 aromatic rings. The van der Waals surface area contributed by atoms with Crippen molar-refractivity contribution in [3.05, 3.63) is 20.7 Å². The van der Waals surface area contributed by atoms with Crippen LogP contribution in [0, 0.1) is 3.57 Å². The summed E-state index contributed by atoms with van der Waals surface area (Å²) in [5, 5.41) is 12.5. The summed E-state index contributed by atoms with van der Waals surface area (Å²) in [6, 6.07) is 2.57. The number of phenols is 1. The molecule has 0 radical (unpaired) electrons. The van der Waals surface area contributed by atoms with Gasteiger partial charge in [-0.3, -0.25) is 10.2 Å². The Hall–Kier alpha value is -1.03. The predicted molar refractivity (Wildman–Crippen MR) is 69.0 cm³/mol. The summed E-state index contributed by atoms with van der Waals surface area (Å²) in [5.74, 6) is -2.33. The van der Waals surface area contributed by atoms with Crippen LogP contribution in [0.1, 0.15) is 0 Å². The number of carbonyl (C=O) groups is 1. The zero-order valence-electron chi connectivity index (χ0n) is 8.42. The van der Waals surface area contributed by atoms with Crippen LogP contribution in [0.15, 0.2) is 17.2 Å². The van der Waals surface area contributed by atoms with Crippen LogP contribution in [-0.4, -0.2) is 23.3 Å². The summed E-state index contributed by atoms with van der Waals surface area (Å²) in [6.07, 6.45) is -4.85. The van der Waals surface area contributed by atoms with E-state index in [0.717, 1.165) is 0 Å². The van der Waals surface area contributed by atoms with Gasteiger partial charge in [-0.1, -0.05) is 11.6 Å². The summed E-state index contributed by atoms with van der Waals surface area (Å²) in [7, 11) is 0. The van der Waals surface area contributed by atoms with Gasteiger partial charge in [-0.05, 0) is 28.7 Å². The second kappa shape index (κ2) is 5.74. The molecule has 0 aromatic heterocycles. The number of hydrazone groups is 1. The van der Waals surface area contributed by atoms with E-state index in [1.54, 1.807) is 0 Å². The molecule has 0 saturated carbocycles. The van der Waals surface area contributed by atoms with E-state index >= 15 is 0 Å². The SMILES string of the molecule is O=C(C=NNc1cc(O)c(Cl)cc1I)C(F)(F)F. The van der Waals surface area contributed by atoms with Crippen LogP contribution in [0.2, 0.25) is 5.02 Å². The maximum Gasteiger partial charge on any atom is 0.455 e. The van der Waals surface area contributed by atoms with Gasteiger partial charge in [0.15, 0.2) is 0 Å². The molecule has 0 aliphatic carbocycles. The number of carbonyl (C=O) groups excluding carboxylic acids is 1. The summed E-state index contributed by atoms with van der Waals surface area (Å²) in [6.45, 7) is 0. The van der Waals surface area contributed by atoms with Gasteiger partial charge in [0.2, 0.25) is 0 Å². The normalized spacial score (nSPS) is 11.8. The molecule has 0 unspecified atom stereocenters. The number of ketones is 1. The van der Waals surface area contributed by atoms with E-state index in [2.05, 4.69) is 10.5 Å². The maximum atomic E-state index is 11.8. The highest BCUT2D eigenvalue weighted by atomic mass is 127. The number of nitrogens with one attached hydrogen (secondary N) is 1. The lowest BCUT2D eigenvalue weighted by atomic mass is 10.3. The predicted octanol–water partition coefficient (Wildman–Crippen LogP) is 3.18. The summed E-state index contributed by atoms with van der Waals surface area (Å²) in [4.78, 5) is 10.5. The fourth-order valence-electron chi connectivity index (χ4n) is 0.857. The number of benzene rings is 1. The second-order valence-corrected chi connectivity index (χ2v) is 4.58. The molecule has 9 heteroatoms. The van der Waals surface area contributed by atoms with Gasteiger partial charge in [0.25, 0.3) is 5.78 Å². The molecule has 0 heterocycles. The molecule has 0 atom stereocenters. The maximum absolute atomic E-state index is 11.8. The number of Topliss-reactive ketones (excluding diaryl/α,β-unsaturated/α-hetero) is 1. The van der Waals surface area contributed by atoms with Crippen LogP contribution in [0.25, 0.3) is 0 Å². The van der Waals surface area contributed by atoms with Gasteiger partial charge in [0, 0.05) is 9.64 Å². The van der Waals surface area contributed by atoms with Crippen LogP contribution in [0.3, 0.4) is 0 Å². The van der Waals surface area contributed by atoms with Crippen molar-refractivity contribution in [2.75, 3.05) is 5.43 Å². The largest absolute Gasteiger partial charge is 0.506 e. The third-order valence-corrected chi connectivity index (χ3v) is 2.88. The first kappa shape index (κ1) is 15.0. The van der Waals surface area contributed by atoms with Crippen molar-refractivity contribution in [2.24, 2.45) is 5.10 Å². The molecule has 0 bridgehead atoms. The first-order chi connectivity index (χ1) is 8.21. The quantitative estimate of drug-likeness (QED) is 0.472. The summed E-state index contributed by atoms with van der Waals surface area (Å²) < 4.78 is 36.1. The van der Waals surface area contributed by atoms with Crippen molar-refractivity contribution in [2.45, 2.75) is 6.18 Å². The monoisotopic (exact) mass is 392 g/mol. The number of rotatable bonds is 3. The Kier molecular flexibility index (Phi) is 4.79. The smallest absolute Gasteiger partial charge is 0.455 e. The first-order valence-corrected chi connectivity index (χ1v) is 5.75. The van der Waals surface area contributed by atoms with Crippen LogP contribution >= 0.6 is 34.2 Å². The molecule has 0 aliphatic rings. The Balaban J connectivity index is 2.79. The highest BCUT2D eigenvalue weighted by Crippen LogP contribution is 2.31. The van der Waals surface area contributed by atoms with Crippen molar-refractivity contribution in [1.82, 2.24) is 0 Å². The highest BCUT2D eigenvalue weighted by molar-refractivity contribution is 14.1. The van der Waals surface area contributed by atoms with E-state index < -0.39 is 12.0 Å². The highest BCUT2D eigenvalue weighted by Gasteiger charge is 2.36. The van der Waals surface area contributed by atoms with E-state index in [0.29, 0.717) is 3.57 Å². The standard InChI is InChI=1S/C9H5ClF3IN2O2/c10-4-1-5(14)6(2-7(4)17)16-15-3-8(18)9(11,12)13/h1-3,16-17H. The van der Waals surface area contributed by atoms with Crippen LogP contribution in [0.5, 0.6) is 5.75 Å². The third kappa shape index (κ3) is 4.02. The fourth-order valence-corrected chi connectivity index (χ4v) is 1.79. The van der Waals surface area contributed by atoms with Crippen LogP contribution in [0.4, 0.5) is 18.9 Å². The van der Waals surface area contributed by atoms with E-state index in [1.165, 1.54) is 12.1 Å². The van der Waals surface area contributed by atoms with E-state index in [-0.39, 0.29) is 22.7 Å². The van der Waals surface area contributed by atoms with Crippen LogP contribution < -0.4 is 5.43 Å². The molecule has 0 fully saturated rings. The number of anilines is 1. The molecule has 0 saturated heterocycles. The zero-order chi connectivity index (χ0) is 13.9. The van der Waals surface area contributed by atoms with Gasteiger partial charge in [0.05, 0.1) is 16.9 Å². The second-order valence-electron chi connectivity index (χ2n) is 3.02. The Morgan fingerprint density at radius 1 is 1.50 bits per heavy atom. The molecule has 0 spiro atoms. The van der Waals surface area contributed by atoms with Crippen LogP contribution in [-0.2, 0) is 4.79 Å². The van der Waals surface area contributed by atoms with E-state index in [9.17, 15) is 23.1 Å². The van der Waals surface area contributed by atoms with Crippen molar-refractivity contribution >= 4 is 51.9 Å². The third-order valence-electron chi connectivity index (χ3n) is 1.68. The molecular weight excluding hydrogens is 387 g/mol. The topological polar surface area (TPSA) is 61.7 Å².